The molecule has 0 saturated heterocycles. The molecule has 1 aliphatic rings. The molecule has 3 heteroatoms. The van der Waals surface area contributed by atoms with E-state index in [1.54, 1.807) is 0 Å². The van der Waals surface area contributed by atoms with Crippen molar-refractivity contribution < 1.29 is 0 Å². The molecule has 0 saturated carbocycles. The van der Waals surface area contributed by atoms with Gasteiger partial charge in [0.05, 0.1) is 0 Å². The average molecular weight is 239 g/mol. The molecule has 0 atom stereocenters. The van der Waals surface area contributed by atoms with Crippen LogP contribution in [-0.2, 0) is 12.8 Å². The van der Waals surface area contributed by atoms with Crippen molar-refractivity contribution in [2.45, 2.75) is 26.2 Å². The van der Waals surface area contributed by atoms with Gasteiger partial charge in [-0.1, -0.05) is 18.2 Å². The fraction of sp³-hybridized carbons (Fsp3) is 0.333. The van der Waals surface area contributed by atoms with E-state index in [-0.39, 0.29) is 0 Å². The van der Waals surface area contributed by atoms with Gasteiger partial charge in [-0.05, 0) is 38.3 Å². The van der Waals surface area contributed by atoms with Crippen LogP contribution >= 0.6 is 0 Å². The Morgan fingerprint density at radius 3 is 2.61 bits per heavy atom. The molecule has 1 heterocycles. The topological polar surface area (TPSA) is 29.0 Å². The fourth-order valence-corrected chi connectivity index (χ4v) is 2.58. The van der Waals surface area contributed by atoms with Crippen LogP contribution in [0.5, 0.6) is 0 Å². The Morgan fingerprint density at radius 1 is 1.06 bits per heavy atom. The maximum Gasteiger partial charge on any atom is 0.139 e. The summed E-state index contributed by atoms with van der Waals surface area (Å²) in [4.78, 5) is 11.4. The van der Waals surface area contributed by atoms with Gasteiger partial charge in [0.1, 0.15) is 11.6 Å². The average Bonchev–Trinajstić information content (AvgIpc) is 2.86. The molecule has 18 heavy (non-hydrogen) atoms. The number of benzene rings is 1. The minimum absolute atomic E-state index is 0.869. The second-order valence-electron chi connectivity index (χ2n) is 4.77. The lowest BCUT2D eigenvalue weighted by Crippen LogP contribution is -2.15. The first kappa shape index (κ1) is 11.2. The zero-order valence-electron chi connectivity index (χ0n) is 10.8. The van der Waals surface area contributed by atoms with Crippen molar-refractivity contribution in [3.63, 3.8) is 0 Å². The third kappa shape index (κ3) is 1.86. The van der Waals surface area contributed by atoms with E-state index >= 15 is 0 Å². The van der Waals surface area contributed by atoms with E-state index in [0.717, 1.165) is 24.5 Å². The number of para-hydroxylation sites is 1. The summed E-state index contributed by atoms with van der Waals surface area (Å²) in [7, 11) is 2.08. The van der Waals surface area contributed by atoms with E-state index in [2.05, 4.69) is 46.2 Å². The molecule has 0 fully saturated rings. The van der Waals surface area contributed by atoms with E-state index in [9.17, 15) is 0 Å². The van der Waals surface area contributed by atoms with Crippen LogP contribution in [0.2, 0.25) is 0 Å². The number of fused-ring (bicyclic) bond motifs is 1. The number of anilines is 2. The minimum atomic E-state index is 0.869. The molecular formula is C15H17N3. The molecule has 1 aromatic heterocycles. The molecule has 0 spiro atoms. The van der Waals surface area contributed by atoms with Crippen LogP contribution in [0.1, 0.15) is 23.5 Å². The highest BCUT2D eigenvalue weighted by atomic mass is 15.2. The van der Waals surface area contributed by atoms with Crippen molar-refractivity contribution in [2.24, 2.45) is 0 Å². The minimum Gasteiger partial charge on any atom is -0.329 e. The van der Waals surface area contributed by atoms with E-state index < -0.39 is 0 Å². The van der Waals surface area contributed by atoms with Gasteiger partial charge < -0.3 is 4.90 Å². The monoisotopic (exact) mass is 239 g/mol. The second kappa shape index (κ2) is 4.41. The maximum absolute atomic E-state index is 4.64. The summed E-state index contributed by atoms with van der Waals surface area (Å²) in [6, 6.07) is 10.4. The summed E-state index contributed by atoms with van der Waals surface area (Å²) in [5, 5.41) is 0. The number of aromatic nitrogens is 2. The van der Waals surface area contributed by atoms with E-state index in [4.69, 9.17) is 0 Å². The lowest BCUT2D eigenvalue weighted by atomic mass is 10.2. The van der Waals surface area contributed by atoms with Gasteiger partial charge in [0.2, 0.25) is 0 Å². The standard InChI is InChI=1S/C15H17N3/c1-11-16-14-10-6-9-13(14)15(17-11)18(2)12-7-4-3-5-8-12/h3-5,7-8H,6,9-10H2,1-2H3. The van der Waals surface area contributed by atoms with E-state index in [0.29, 0.717) is 0 Å². The molecule has 0 unspecified atom stereocenters. The van der Waals surface area contributed by atoms with E-state index in [1.165, 1.54) is 23.4 Å². The van der Waals surface area contributed by atoms with Gasteiger partial charge in [-0.2, -0.15) is 0 Å². The van der Waals surface area contributed by atoms with Crippen molar-refractivity contribution in [3.8, 4) is 0 Å². The fourth-order valence-electron chi connectivity index (χ4n) is 2.58. The van der Waals surface area contributed by atoms with Crippen LogP contribution in [0.25, 0.3) is 0 Å². The van der Waals surface area contributed by atoms with Gasteiger partial charge in [-0.15, -0.1) is 0 Å². The number of aryl methyl sites for hydroxylation is 2. The number of hydrogen-bond donors (Lipinski definition) is 0. The van der Waals surface area contributed by atoms with Gasteiger partial charge in [-0.25, -0.2) is 9.97 Å². The lowest BCUT2D eigenvalue weighted by Gasteiger charge is -2.21. The van der Waals surface area contributed by atoms with Crippen LogP contribution in [-0.4, -0.2) is 17.0 Å². The smallest absolute Gasteiger partial charge is 0.139 e. The maximum atomic E-state index is 4.64. The summed E-state index contributed by atoms with van der Waals surface area (Å²) in [5.41, 5.74) is 3.73. The molecule has 1 aliphatic carbocycles. The van der Waals surface area contributed by atoms with Crippen LogP contribution in [0, 0.1) is 6.92 Å². The first-order chi connectivity index (χ1) is 8.75. The molecular weight excluding hydrogens is 222 g/mol. The van der Waals surface area contributed by atoms with Gasteiger partial charge >= 0.3 is 0 Å². The third-order valence-corrected chi connectivity index (χ3v) is 3.48. The SMILES string of the molecule is Cc1nc2c(c(N(C)c3ccccc3)n1)CCC2. The summed E-state index contributed by atoms with van der Waals surface area (Å²) in [5.74, 6) is 1.94. The molecule has 92 valence electrons. The third-order valence-electron chi connectivity index (χ3n) is 3.48. The second-order valence-corrected chi connectivity index (χ2v) is 4.77. The van der Waals surface area contributed by atoms with Crippen LogP contribution in [0.3, 0.4) is 0 Å². The Labute approximate surface area is 108 Å². The molecule has 0 bridgehead atoms. The zero-order valence-corrected chi connectivity index (χ0v) is 10.8. The Morgan fingerprint density at radius 2 is 1.83 bits per heavy atom. The van der Waals surface area contributed by atoms with Gasteiger partial charge in [-0.3, -0.25) is 0 Å². The molecule has 1 aromatic carbocycles. The molecule has 3 rings (SSSR count). The quantitative estimate of drug-likeness (QED) is 0.806. The molecule has 0 aliphatic heterocycles. The Balaban J connectivity index is 2.07. The van der Waals surface area contributed by atoms with Gasteiger partial charge in [0, 0.05) is 24.0 Å². The van der Waals surface area contributed by atoms with Crippen molar-refractivity contribution in [1.29, 1.82) is 0 Å². The summed E-state index contributed by atoms with van der Waals surface area (Å²) in [6.07, 6.45) is 3.39. The molecule has 0 N–H and O–H groups in total. The molecule has 3 nitrogen and oxygen atoms in total. The number of hydrogen-bond acceptors (Lipinski definition) is 3. The van der Waals surface area contributed by atoms with Crippen LogP contribution < -0.4 is 4.90 Å². The van der Waals surface area contributed by atoms with Crippen molar-refractivity contribution in [1.82, 2.24) is 9.97 Å². The predicted molar refractivity (Wildman–Crippen MR) is 73.3 cm³/mol. The largest absolute Gasteiger partial charge is 0.329 e. The molecule has 2 aromatic rings. The van der Waals surface area contributed by atoms with E-state index in [1.807, 2.05) is 13.0 Å². The normalized spacial score (nSPS) is 13.4. The van der Waals surface area contributed by atoms with Crippen LogP contribution in [0.15, 0.2) is 30.3 Å². The van der Waals surface area contributed by atoms with Crippen molar-refractivity contribution >= 4 is 11.5 Å². The van der Waals surface area contributed by atoms with Crippen molar-refractivity contribution in [3.05, 3.63) is 47.4 Å². The predicted octanol–water partition coefficient (Wildman–Crippen LogP) is 3.04. The first-order valence-electron chi connectivity index (χ1n) is 6.41. The highest BCUT2D eigenvalue weighted by Crippen LogP contribution is 2.31. The van der Waals surface area contributed by atoms with Crippen molar-refractivity contribution in [2.75, 3.05) is 11.9 Å². The van der Waals surface area contributed by atoms with Gasteiger partial charge in [0.15, 0.2) is 0 Å². The van der Waals surface area contributed by atoms with Crippen LogP contribution in [0.4, 0.5) is 11.5 Å². The lowest BCUT2D eigenvalue weighted by molar-refractivity contribution is 0.895. The van der Waals surface area contributed by atoms with Gasteiger partial charge in [0.25, 0.3) is 0 Å². The zero-order chi connectivity index (χ0) is 12.5. The first-order valence-corrected chi connectivity index (χ1v) is 6.41. The number of nitrogens with zero attached hydrogens (tertiary/aromatic N) is 3. The summed E-state index contributed by atoms with van der Waals surface area (Å²) >= 11 is 0. The Bertz CT molecular complexity index is 563. The molecule has 0 radical (unpaired) electrons. The Kier molecular flexibility index (Phi) is 2.74. The Hall–Kier alpha value is -1.90. The highest BCUT2D eigenvalue weighted by molar-refractivity contribution is 5.63. The number of rotatable bonds is 2. The highest BCUT2D eigenvalue weighted by Gasteiger charge is 2.21. The summed E-state index contributed by atoms with van der Waals surface area (Å²) in [6.45, 7) is 1.97. The summed E-state index contributed by atoms with van der Waals surface area (Å²) < 4.78 is 0. The molecule has 0 amide bonds.